The van der Waals surface area contributed by atoms with E-state index in [0.717, 1.165) is 38.6 Å². The van der Waals surface area contributed by atoms with E-state index >= 15 is 4.39 Å². The van der Waals surface area contributed by atoms with Crippen LogP contribution in [0.15, 0.2) is 36.4 Å². The van der Waals surface area contributed by atoms with Gasteiger partial charge in [-0.05, 0) is 87.8 Å². The highest BCUT2D eigenvalue weighted by atomic mass is 19.1. The van der Waals surface area contributed by atoms with Gasteiger partial charge in [-0.3, -0.25) is 0 Å². The topological polar surface area (TPSA) is 82.0 Å². The number of rotatable bonds is 5. The van der Waals surface area contributed by atoms with Gasteiger partial charge < -0.3 is 24.7 Å². The first-order chi connectivity index (χ1) is 21.6. The Balaban J connectivity index is 1.38. The zero-order chi connectivity index (χ0) is 31.5. The maximum absolute atomic E-state index is 16.8. The molecule has 1 aromatic heterocycles. The van der Waals surface area contributed by atoms with Gasteiger partial charge in [0.15, 0.2) is 5.82 Å². The van der Waals surface area contributed by atoms with Gasteiger partial charge in [0.05, 0.1) is 17.8 Å². The molecule has 234 valence electrons. The summed E-state index contributed by atoms with van der Waals surface area (Å²) < 4.78 is 38.1. The van der Waals surface area contributed by atoms with Crippen LogP contribution in [0.3, 0.4) is 0 Å². The number of hydrogen-bond donors (Lipinski definition) is 2. The normalized spacial score (nSPS) is 25.4. The van der Waals surface area contributed by atoms with Gasteiger partial charge in [0, 0.05) is 40.9 Å². The summed E-state index contributed by atoms with van der Waals surface area (Å²) in [5, 5.41) is 22.8. The SMILES string of the molecule is C#Cc1c(F)ccc2cc(O)cc(-c3ccc4c(N5CCC[C@@](C)(O)C5)nc(OCC56CCCCC5N(C)CC6)nc4c3F)c12. The van der Waals surface area contributed by atoms with E-state index in [1.54, 1.807) is 19.1 Å². The van der Waals surface area contributed by atoms with Crippen LogP contribution in [0.2, 0.25) is 0 Å². The summed E-state index contributed by atoms with van der Waals surface area (Å²) in [5.74, 6) is 1.54. The Labute approximate surface area is 261 Å². The van der Waals surface area contributed by atoms with E-state index in [4.69, 9.17) is 16.1 Å². The van der Waals surface area contributed by atoms with Gasteiger partial charge in [-0.25, -0.2) is 8.78 Å². The van der Waals surface area contributed by atoms with E-state index in [0.29, 0.717) is 54.1 Å². The maximum Gasteiger partial charge on any atom is 0.319 e. The molecule has 0 spiro atoms. The number of halogens is 2. The number of fused-ring (bicyclic) bond motifs is 3. The van der Waals surface area contributed by atoms with E-state index in [1.165, 1.54) is 30.7 Å². The third-order valence-corrected chi connectivity index (χ3v) is 10.3. The molecule has 3 heterocycles. The number of nitrogens with zero attached hydrogens (tertiary/aromatic N) is 4. The van der Waals surface area contributed by atoms with E-state index < -0.39 is 17.2 Å². The maximum atomic E-state index is 16.8. The average molecular weight is 613 g/mol. The molecule has 2 N–H and O–H groups in total. The van der Waals surface area contributed by atoms with Crippen LogP contribution in [0.4, 0.5) is 14.6 Å². The molecule has 45 heavy (non-hydrogen) atoms. The first kappa shape index (κ1) is 29.7. The molecular weight excluding hydrogens is 574 g/mol. The van der Waals surface area contributed by atoms with Gasteiger partial charge in [0.2, 0.25) is 0 Å². The molecule has 1 saturated carbocycles. The van der Waals surface area contributed by atoms with Crippen LogP contribution < -0.4 is 9.64 Å². The van der Waals surface area contributed by atoms with Crippen molar-refractivity contribution in [2.24, 2.45) is 5.41 Å². The Kier molecular flexibility index (Phi) is 7.33. The quantitative estimate of drug-likeness (QED) is 0.252. The third kappa shape index (κ3) is 5.14. The second-order valence-electron chi connectivity index (χ2n) is 13.5. The summed E-state index contributed by atoms with van der Waals surface area (Å²) in [6, 6.07) is 9.47. The Morgan fingerprint density at radius 3 is 2.69 bits per heavy atom. The van der Waals surface area contributed by atoms with Gasteiger partial charge in [0.25, 0.3) is 0 Å². The van der Waals surface area contributed by atoms with Gasteiger partial charge in [-0.1, -0.05) is 30.9 Å². The summed E-state index contributed by atoms with van der Waals surface area (Å²) in [7, 11) is 2.17. The van der Waals surface area contributed by atoms with E-state index in [-0.39, 0.29) is 39.4 Å². The summed E-state index contributed by atoms with van der Waals surface area (Å²) >= 11 is 0. The van der Waals surface area contributed by atoms with Gasteiger partial charge in [0.1, 0.15) is 22.9 Å². The second-order valence-corrected chi connectivity index (χ2v) is 13.5. The van der Waals surface area contributed by atoms with E-state index in [1.807, 2.05) is 4.90 Å². The van der Waals surface area contributed by atoms with E-state index in [2.05, 4.69) is 22.9 Å². The highest BCUT2D eigenvalue weighted by Gasteiger charge is 2.48. The molecule has 3 atom stereocenters. The number of ether oxygens (including phenoxy) is 1. The lowest BCUT2D eigenvalue weighted by atomic mass is 9.71. The van der Waals surface area contributed by atoms with Crippen molar-refractivity contribution in [2.75, 3.05) is 38.2 Å². The molecule has 2 saturated heterocycles. The van der Waals surface area contributed by atoms with E-state index in [9.17, 15) is 14.6 Å². The number of phenolic OH excluding ortho intramolecular Hbond substituents is 1. The van der Waals surface area contributed by atoms with Crippen molar-refractivity contribution in [3.05, 3.63) is 53.6 Å². The number of β-amino-alcohol motifs (C(OH)–C–C–N with tert-alkyl or cyclic N) is 1. The van der Waals surface area contributed by atoms with Crippen LogP contribution >= 0.6 is 0 Å². The predicted octanol–water partition coefficient (Wildman–Crippen LogP) is 6.41. The number of likely N-dealkylation sites (tertiary alicyclic amines) is 1. The third-order valence-electron chi connectivity index (χ3n) is 10.3. The first-order valence-electron chi connectivity index (χ1n) is 15.8. The largest absolute Gasteiger partial charge is 0.508 e. The van der Waals surface area contributed by atoms with Crippen LogP contribution in [-0.2, 0) is 0 Å². The Hall–Kier alpha value is -4.00. The Morgan fingerprint density at radius 2 is 1.89 bits per heavy atom. The summed E-state index contributed by atoms with van der Waals surface area (Å²) in [6.45, 7) is 4.22. The number of hydrogen-bond acceptors (Lipinski definition) is 7. The highest BCUT2D eigenvalue weighted by Crippen LogP contribution is 2.47. The molecule has 9 heteroatoms. The van der Waals surface area contributed by atoms with Crippen molar-refractivity contribution >= 4 is 27.5 Å². The number of anilines is 1. The molecule has 7 rings (SSSR count). The standard InChI is InChI=1S/C36H38F2N4O3/c1-4-24-28(37)12-9-22-18-23(43)19-27(30(22)24)25-10-11-26-32(31(25)38)39-34(40-33(26)42-16-7-13-35(2,44)20-42)45-21-36-14-6-5-8-29(36)41(3)17-15-36/h1,9-12,18-19,29,43-44H,5-8,13-17,20-21H2,2-3H3/t29?,35-,36?/m1/s1. The van der Waals surface area contributed by atoms with Crippen LogP contribution in [-0.4, -0.2) is 70.0 Å². The number of aromatic nitrogens is 2. The Morgan fingerprint density at radius 1 is 1.04 bits per heavy atom. The van der Waals surface area contributed by atoms with Crippen molar-refractivity contribution in [1.29, 1.82) is 0 Å². The second kappa shape index (κ2) is 11.1. The van der Waals surface area contributed by atoms with Crippen molar-refractivity contribution in [3.8, 4) is 35.2 Å². The number of phenols is 1. The molecule has 3 aromatic carbocycles. The van der Waals surface area contributed by atoms with Crippen molar-refractivity contribution in [2.45, 2.75) is 63.5 Å². The predicted molar refractivity (Wildman–Crippen MR) is 171 cm³/mol. The minimum atomic E-state index is -0.923. The molecule has 1 aliphatic carbocycles. The lowest BCUT2D eigenvalue weighted by Gasteiger charge is -2.40. The Bertz CT molecular complexity index is 1850. The molecule has 7 nitrogen and oxygen atoms in total. The average Bonchev–Trinajstić information content (AvgIpc) is 3.36. The summed E-state index contributed by atoms with van der Waals surface area (Å²) in [4.78, 5) is 13.9. The van der Waals surface area contributed by atoms with Crippen LogP contribution in [0.5, 0.6) is 11.8 Å². The van der Waals surface area contributed by atoms with Crippen molar-refractivity contribution in [1.82, 2.24) is 14.9 Å². The number of piperidine rings is 1. The molecule has 0 bridgehead atoms. The molecule has 3 aliphatic rings. The molecule has 4 aromatic rings. The smallest absolute Gasteiger partial charge is 0.319 e. The van der Waals surface area contributed by atoms with Gasteiger partial charge in [-0.2, -0.15) is 9.97 Å². The first-order valence-corrected chi connectivity index (χ1v) is 15.8. The number of terminal acetylenes is 1. The fraction of sp³-hybridized carbons (Fsp3) is 0.444. The van der Waals surface area contributed by atoms with Crippen molar-refractivity contribution in [3.63, 3.8) is 0 Å². The van der Waals surface area contributed by atoms with Gasteiger partial charge >= 0.3 is 6.01 Å². The minimum Gasteiger partial charge on any atom is -0.508 e. The van der Waals surface area contributed by atoms with Crippen LogP contribution in [0.25, 0.3) is 32.8 Å². The molecule has 0 radical (unpaired) electrons. The lowest BCUT2D eigenvalue weighted by molar-refractivity contribution is 0.0444. The van der Waals surface area contributed by atoms with Crippen LogP contribution in [0.1, 0.15) is 57.4 Å². The molecule has 3 fully saturated rings. The number of aliphatic hydroxyl groups is 1. The zero-order valence-corrected chi connectivity index (χ0v) is 25.7. The number of aromatic hydroxyl groups is 1. The number of benzene rings is 3. The van der Waals surface area contributed by atoms with Gasteiger partial charge in [-0.15, -0.1) is 6.42 Å². The minimum absolute atomic E-state index is 0.00313. The molecular formula is C36H38F2N4O3. The summed E-state index contributed by atoms with van der Waals surface area (Å²) in [6.07, 6.45) is 12.7. The zero-order valence-electron chi connectivity index (χ0n) is 25.7. The molecule has 2 unspecified atom stereocenters. The van der Waals surface area contributed by atoms with Crippen LogP contribution in [0, 0.1) is 29.4 Å². The lowest BCUT2D eigenvalue weighted by Crippen LogP contribution is -2.46. The molecule has 0 amide bonds. The molecule has 2 aliphatic heterocycles. The van der Waals surface area contributed by atoms with Crippen molar-refractivity contribution < 1.29 is 23.7 Å². The fourth-order valence-corrected chi connectivity index (χ4v) is 8.09. The fourth-order valence-electron chi connectivity index (χ4n) is 8.09. The monoisotopic (exact) mass is 612 g/mol. The highest BCUT2D eigenvalue weighted by molar-refractivity contribution is 6.04. The summed E-state index contributed by atoms with van der Waals surface area (Å²) in [5.41, 5.74) is -0.500.